The van der Waals surface area contributed by atoms with Crippen LogP contribution in [0.15, 0.2) is 36.7 Å². The highest BCUT2D eigenvalue weighted by Crippen LogP contribution is 2.45. The average Bonchev–Trinajstić information content (AvgIpc) is 2.53. The Balaban J connectivity index is 2.45. The number of rotatable bonds is 6. The average molecular weight is 385 g/mol. The van der Waals surface area contributed by atoms with Gasteiger partial charge in [-0.3, -0.25) is 4.98 Å². The third kappa shape index (κ3) is 4.77. The van der Waals surface area contributed by atoms with E-state index in [9.17, 15) is 22.7 Å². The maximum Gasteiger partial charge on any atom is 0.417 e. The number of hydrogen-bond donors (Lipinski definition) is 1. The van der Waals surface area contributed by atoms with Crippen molar-refractivity contribution in [2.24, 2.45) is 0 Å². The van der Waals surface area contributed by atoms with Crippen molar-refractivity contribution >= 4 is 0 Å². The molecule has 148 valence electrons. The Labute approximate surface area is 156 Å². The predicted molar refractivity (Wildman–Crippen MR) is 94.3 cm³/mol. The summed E-state index contributed by atoms with van der Waals surface area (Å²) in [5.74, 6) is -0.319. The zero-order valence-corrected chi connectivity index (χ0v) is 15.7. The molecular formula is C20H23F4NO2. The number of halogens is 4. The molecule has 1 atom stereocenters. The molecule has 3 nitrogen and oxygen atoms in total. The van der Waals surface area contributed by atoms with Crippen LogP contribution in [0.1, 0.15) is 37.0 Å². The standard InChI is InChI=1S/C20H23F4NO2/c1-13-7-14(11-25-10-13)9-19(26,20(22,23)24)12-18(2,3)16-8-15(21)5-6-17(16)27-4/h5-8,10-11,26H,9,12H2,1-4H3. The fourth-order valence-electron chi connectivity index (χ4n) is 3.35. The van der Waals surface area contributed by atoms with E-state index in [1.54, 1.807) is 13.0 Å². The van der Waals surface area contributed by atoms with E-state index in [1.807, 2.05) is 0 Å². The number of aryl methyl sites for hydroxylation is 1. The fraction of sp³-hybridized carbons (Fsp3) is 0.450. The minimum Gasteiger partial charge on any atom is -0.496 e. The third-order valence-corrected chi connectivity index (χ3v) is 4.58. The lowest BCUT2D eigenvalue weighted by Crippen LogP contribution is -2.50. The second-order valence-corrected chi connectivity index (χ2v) is 7.48. The molecule has 0 radical (unpaired) electrons. The Kier molecular flexibility index (Phi) is 5.85. The fourth-order valence-corrected chi connectivity index (χ4v) is 3.35. The van der Waals surface area contributed by atoms with Gasteiger partial charge in [0.25, 0.3) is 0 Å². The monoisotopic (exact) mass is 385 g/mol. The number of aromatic nitrogens is 1. The molecule has 0 aliphatic carbocycles. The van der Waals surface area contributed by atoms with E-state index in [4.69, 9.17) is 4.74 Å². The topological polar surface area (TPSA) is 42.4 Å². The Morgan fingerprint density at radius 2 is 1.78 bits per heavy atom. The van der Waals surface area contributed by atoms with Crippen LogP contribution in [0, 0.1) is 12.7 Å². The number of alkyl halides is 3. The number of nitrogens with zero attached hydrogens (tertiary/aromatic N) is 1. The van der Waals surface area contributed by atoms with Crippen molar-refractivity contribution in [3.05, 3.63) is 59.2 Å². The van der Waals surface area contributed by atoms with Crippen LogP contribution in [0.4, 0.5) is 17.6 Å². The largest absolute Gasteiger partial charge is 0.496 e. The molecular weight excluding hydrogens is 362 g/mol. The maximum absolute atomic E-state index is 13.8. The van der Waals surface area contributed by atoms with E-state index in [1.165, 1.54) is 45.5 Å². The van der Waals surface area contributed by atoms with Crippen molar-refractivity contribution in [3.63, 3.8) is 0 Å². The summed E-state index contributed by atoms with van der Waals surface area (Å²) < 4.78 is 60.4. The van der Waals surface area contributed by atoms with Crippen LogP contribution in [0.5, 0.6) is 5.75 Å². The van der Waals surface area contributed by atoms with Gasteiger partial charge >= 0.3 is 6.18 Å². The van der Waals surface area contributed by atoms with Gasteiger partial charge in [-0.05, 0) is 48.1 Å². The highest BCUT2D eigenvalue weighted by molar-refractivity contribution is 5.40. The normalized spacial score (nSPS) is 14.7. The van der Waals surface area contributed by atoms with Gasteiger partial charge in [0.05, 0.1) is 7.11 Å². The molecule has 0 saturated heterocycles. The molecule has 1 aromatic heterocycles. The Hall–Kier alpha value is -2.15. The zero-order valence-electron chi connectivity index (χ0n) is 15.7. The second kappa shape index (κ2) is 7.46. The van der Waals surface area contributed by atoms with Gasteiger partial charge in [0.1, 0.15) is 11.6 Å². The van der Waals surface area contributed by atoms with Crippen LogP contribution >= 0.6 is 0 Å². The van der Waals surface area contributed by atoms with Crippen LogP contribution in [-0.4, -0.2) is 29.0 Å². The number of aliphatic hydroxyl groups is 1. The summed E-state index contributed by atoms with van der Waals surface area (Å²) in [4.78, 5) is 3.90. The number of methoxy groups -OCH3 is 1. The summed E-state index contributed by atoms with van der Waals surface area (Å²) in [7, 11) is 1.36. The van der Waals surface area contributed by atoms with Crippen molar-refractivity contribution in [2.75, 3.05) is 7.11 Å². The SMILES string of the molecule is COc1ccc(F)cc1C(C)(C)CC(O)(Cc1cncc(C)c1)C(F)(F)F. The molecule has 1 aromatic carbocycles. The molecule has 0 amide bonds. The first-order valence-electron chi connectivity index (χ1n) is 8.42. The maximum atomic E-state index is 13.8. The summed E-state index contributed by atoms with van der Waals surface area (Å²) in [6.45, 7) is 4.76. The lowest BCUT2D eigenvalue weighted by atomic mass is 9.72. The molecule has 0 saturated carbocycles. The van der Waals surface area contributed by atoms with Gasteiger partial charge in [0.15, 0.2) is 5.60 Å². The first-order chi connectivity index (χ1) is 12.4. The van der Waals surface area contributed by atoms with E-state index >= 15 is 0 Å². The third-order valence-electron chi connectivity index (χ3n) is 4.58. The zero-order chi connectivity index (χ0) is 20.5. The summed E-state index contributed by atoms with van der Waals surface area (Å²) in [6.07, 6.45) is -3.37. The summed E-state index contributed by atoms with van der Waals surface area (Å²) in [5.41, 5.74) is -2.99. The molecule has 1 N–H and O–H groups in total. The number of pyridine rings is 1. The molecule has 1 unspecified atom stereocenters. The molecule has 27 heavy (non-hydrogen) atoms. The molecule has 0 bridgehead atoms. The van der Waals surface area contributed by atoms with E-state index in [0.29, 0.717) is 5.56 Å². The molecule has 7 heteroatoms. The van der Waals surface area contributed by atoms with Gasteiger partial charge in [-0.2, -0.15) is 13.2 Å². The van der Waals surface area contributed by atoms with Crippen molar-refractivity contribution in [2.45, 2.75) is 50.8 Å². The first kappa shape index (κ1) is 21.2. The van der Waals surface area contributed by atoms with Gasteiger partial charge in [-0.15, -0.1) is 0 Å². The van der Waals surface area contributed by atoms with Crippen LogP contribution in [0.2, 0.25) is 0 Å². The van der Waals surface area contributed by atoms with Crippen molar-refractivity contribution in [3.8, 4) is 5.75 Å². The number of hydrogen-bond acceptors (Lipinski definition) is 3. The molecule has 2 aromatic rings. The lowest BCUT2D eigenvalue weighted by molar-refractivity contribution is -0.266. The molecule has 1 heterocycles. The van der Waals surface area contributed by atoms with Gasteiger partial charge in [-0.1, -0.05) is 19.9 Å². The molecule has 2 rings (SSSR count). The van der Waals surface area contributed by atoms with Gasteiger partial charge in [0, 0.05) is 24.4 Å². The van der Waals surface area contributed by atoms with Crippen LogP contribution in [0.25, 0.3) is 0 Å². The summed E-state index contributed by atoms with van der Waals surface area (Å²) in [5, 5.41) is 10.6. The highest BCUT2D eigenvalue weighted by atomic mass is 19.4. The smallest absolute Gasteiger partial charge is 0.417 e. The minimum absolute atomic E-state index is 0.259. The molecule has 0 spiro atoms. The Morgan fingerprint density at radius 1 is 1.11 bits per heavy atom. The number of benzene rings is 1. The van der Waals surface area contributed by atoms with Crippen LogP contribution < -0.4 is 4.74 Å². The Bertz CT molecular complexity index is 805. The lowest BCUT2D eigenvalue weighted by Gasteiger charge is -2.38. The molecule has 0 aliphatic heterocycles. The van der Waals surface area contributed by atoms with E-state index in [2.05, 4.69) is 4.98 Å². The summed E-state index contributed by atoms with van der Waals surface area (Å²) in [6, 6.07) is 5.24. The molecule has 0 aliphatic rings. The predicted octanol–water partition coefficient (Wildman–Crippen LogP) is 4.74. The quantitative estimate of drug-likeness (QED) is 0.731. The number of ether oxygens (including phenoxy) is 1. The highest BCUT2D eigenvalue weighted by Gasteiger charge is 2.56. The van der Waals surface area contributed by atoms with Gasteiger partial charge in [-0.25, -0.2) is 4.39 Å². The van der Waals surface area contributed by atoms with Crippen LogP contribution in [0.3, 0.4) is 0 Å². The van der Waals surface area contributed by atoms with Crippen molar-refractivity contribution in [1.82, 2.24) is 4.98 Å². The van der Waals surface area contributed by atoms with Gasteiger partial charge < -0.3 is 9.84 Å². The minimum atomic E-state index is -4.88. The second-order valence-electron chi connectivity index (χ2n) is 7.48. The first-order valence-corrected chi connectivity index (χ1v) is 8.42. The Morgan fingerprint density at radius 3 is 2.33 bits per heavy atom. The van der Waals surface area contributed by atoms with Crippen molar-refractivity contribution in [1.29, 1.82) is 0 Å². The van der Waals surface area contributed by atoms with E-state index in [-0.39, 0.29) is 16.9 Å². The van der Waals surface area contributed by atoms with Crippen LogP contribution in [-0.2, 0) is 11.8 Å². The molecule has 0 fully saturated rings. The van der Waals surface area contributed by atoms with Gasteiger partial charge in [0.2, 0.25) is 0 Å². The van der Waals surface area contributed by atoms with E-state index < -0.39 is 35.9 Å². The van der Waals surface area contributed by atoms with E-state index in [0.717, 1.165) is 6.07 Å². The summed E-state index contributed by atoms with van der Waals surface area (Å²) >= 11 is 0. The van der Waals surface area contributed by atoms with Crippen molar-refractivity contribution < 1.29 is 27.4 Å².